The molecule has 100 valence electrons. The molecule has 4 nitrogen and oxygen atoms in total. The van der Waals surface area contributed by atoms with Gasteiger partial charge >= 0.3 is 0 Å². The number of pyridine rings is 1. The number of rotatable bonds is 5. The molecular weight excluding hydrogens is 242 g/mol. The van der Waals surface area contributed by atoms with Crippen LogP contribution < -0.4 is 9.47 Å². The van der Waals surface area contributed by atoms with Crippen molar-refractivity contribution in [3.05, 3.63) is 53.9 Å². The number of ether oxygens (including phenoxy) is 2. The second kappa shape index (κ2) is 6.20. The maximum Gasteiger partial charge on any atom is 0.137 e. The summed E-state index contributed by atoms with van der Waals surface area (Å²) in [5, 5.41) is 10.4. The zero-order valence-electron chi connectivity index (χ0n) is 11.0. The highest BCUT2D eigenvalue weighted by atomic mass is 16.5. The lowest BCUT2D eigenvalue weighted by molar-refractivity contribution is 0.211. The molecule has 0 fully saturated rings. The van der Waals surface area contributed by atoms with Gasteiger partial charge in [-0.25, -0.2) is 0 Å². The van der Waals surface area contributed by atoms with Gasteiger partial charge in [-0.05, 0) is 19.1 Å². The summed E-state index contributed by atoms with van der Waals surface area (Å²) in [6, 6.07) is 9.20. The Morgan fingerprint density at radius 3 is 2.79 bits per heavy atom. The third kappa shape index (κ3) is 3.03. The summed E-state index contributed by atoms with van der Waals surface area (Å²) in [7, 11) is 1.57. The third-order valence-corrected chi connectivity index (χ3v) is 2.80. The molecule has 1 N–H and O–H groups in total. The average Bonchev–Trinajstić information content (AvgIpc) is 2.47. The van der Waals surface area contributed by atoms with Crippen LogP contribution in [-0.2, 0) is 0 Å². The molecule has 0 aliphatic rings. The van der Waals surface area contributed by atoms with E-state index in [1.54, 1.807) is 25.6 Å². The minimum atomic E-state index is -0.787. The fraction of sp³-hybridized carbons (Fsp3) is 0.267. The topological polar surface area (TPSA) is 51.6 Å². The van der Waals surface area contributed by atoms with E-state index in [2.05, 4.69) is 4.98 Å². The maximum absolute atomic E-state index is 10.4. The van der Waals surface area contributed by atoms with Crippen LogP contribution in [0.25, 0.3) is 0 Å². The number of methoxy groups -OCH3 is 1. The van der Waals surface area contributed by atoms with Crippen LogP contribution in [0.4, 0.5) is 0 Å². The van der Waals surface area contributed by atoms with Crippen molar-refractivity contribution in [2.24, 2.45) is 0 Å². The van der Waals surface area contributed by atoms with E-state index >= 15 is 0 Å². The van der Waals surface area contributed by atoms with Crippen molar-refractivity contribution < 1.29 is 14.6 Å². The molecule has 0 aliphatic heterocycles. The van der Waals surface area contributed by atoms with Gasteiger partial charge in [-0.2, -0.15) is 0 Å². The molecule has 0 amide bonds. The van der Waals surface area contributed by atoms with Gasteiger partial charge in [-0.3, -0.25) is 4.98 Å². The standard InChI is InChI=1S/C15H17NO3/c1-3-19-14-7-5-4-6-13(14)15(17)11-8-12(18-2)10-16-9-11/h4-10,15,17H,3H2,1-2H3. The normalized spacial score (nSPS) is 11.9. The van der Waals surface area contributed by atoms with Crippen molar-refractivity contribution in [2.75, 3.05) is 13.7 Å². The van der Waals surface area contributed by atoms with E-state index in [0.29, 0.717) is 23.7 Å². The van der Waals surface area contributed by atoms with Gasteiger partial charge in [0.2, 0.25) is 0 Å². The lowest BCUT2D eigenvalue weighted by atomic mass is 10.0. The van der Waals surface area contributed by atoms with Gasteiger partial charge < -0.3 is 14.6 Å². The summed E-state index contributed by atoms with van der Waals surface area (Å²) in [4.78, 5) is 4.05. The van der Waals surface area contributed by atoms with E-state index in [0.717, 1.165) is 5.56 Å². The van der Waals surface area contributed by atoms with Gasteiger partial charge in [-0.1, -0.05) is 18.2 Å². The number of aliphatic hydroxyl groups excluding tert-OH is 1. The molecule has 0 bridgehead atoms. The highest BCUT2D eigenvalue weighted by Gasteiger charge is 2.16. The molecule has 19 heavy (non-hydrogen) atoms. The van der Waals surface area contributed by atoms with Crippen LogP contribution in [-0.4, -0.2) is 23.8 Å². The Kier molecular flexibility index (Phi) is 4.36. The molecule has 0 saturated carbocycles. The van der Waals surface area contributed by atoms with Crippen molar-refractivity contribution in [2.45, 2.75) is 13.0 Å². The zero-order chi connectivity index (χ0) is 13.7. The van der Waals surface area contributed by atoms with Crippen LogP contribution in [0, 0.1) is 0 Å². The van der Waals surface area contributed by atoms with Crippen LogP contribution in [0.1, 0.15) is 24.2 Å². The monoisotopic (exact) mass is 259 g/mol. The number of nitrogens with zero attached hydrogens (tertiary/aromatic N) is 1. The summed E-state index contributed by atoms with van der Waals surface area (Å²) in [6.45, 7) is 2.47. The zero-order valence-corrected chi connectivity index (χ0v) is 11.0. The van der Waals surface area contributed by atoms with E-state index in [-0.39, 0.29) is 0 Å². The summed E-state index contributed by atoms with van der Waals surface area (Å²) in [6.07, 6.45) is 2.44. The number of benzene rings is 1. The van der Waals surface area contributed by atoms with Gasteiger partial charge in [-0.15, -0.1) is 0 Å². The van der Waals surface area contributed by atoms with Crippen molar-refractivity contribution >= 4 is 0 Å². The van der Waals surface area contributed by atoms with Crippen LogP contribution in [0.5, 0.6) is 11.5 Å². The summed E-state index contributed by atoms with van der Waals surface area (Å²) >= 11 is 0. The quantitative estimate of drug-likeness (QED) is 0.896. The Morgan fingerprint density at radius 2 is 2.05 bits per heavy atom. The van der Waals surface area contributed by atoms with E-state index < -0.39 is 6.10 Å². The number of aromatic nitrogens is 1. The SMILES string of the molecule is CCOc1ccccc1C(O)c1cncc(OC)c1. The van der Waals surface area contributed by atoms with Gasteiger partial charge in [0.15, 0.2) is 0 Å². The van der Waals surface area contributed by atoms with E-state index in [1.165, 1.54) is 0 Å². The molecule has 0 aliphatic carbocycles. The lowest BCUT2D eigenvalue weighted by Gasteiger charge is -2.16. The smallest absolute Gasteiger partial charge is 0.137 e. The number of aliphatic hydroxyl groups is 1. The fourth-order valence-corrected chi connectivity index (χ4v) is 1.87. The third-order valence-electron chi connectivity index (χ3n) is 2.80. The molecule has 1 aromatic carbocycles. The predicted octanol–water partition coefficient (Wildman–Crippen LogP) is 2.57. The Bertz CT molecular complexity index is 542. The average molecular weight is 259 g/mol. The van der Waals surface area contributed by atoms with Crippen LogP contribution in [0.2, 0.25) is 0 Å². The summed E-state index contributed by atoms with van der Waals surface area (Å²) < 4.78 is 10.6. The molecule has 1 atom stereocenters. The van der Waals surface area contributed by atoms with E-state index in [4.69, 9.17) is 9.47 Å². The lowest BCUT2D eigenvalue weighted by Crippen LogP contribution is -2.04. The van der Waals surface area contributed by atoms with Gasteiger partial charge in [0.05, 0.1) is 19.9 Å². The maximum atomic E-state index is 10.4. The van der Waals surface area contributed by atoms with E-state index in [1.807, 2.05) is 31.2 Å². The minimum Gasteiger partial charge on any atom is -0.495 e. The molecule has 1 aromatic heterocycles. The number of hydrogen-bond donors (Lipinski definition) is 1. The molecule has 1 heterocycles. The molecule has 4 heteroatoms. The van der Waals surface area contributed by atoms with Crippen molar-refractivity contribution in [1.82, 2.24) is 4.98 Å². The Hall–Kier alpha value is -2.07. The second-order valence-electron chi connectivity index (χ2n) is 4.03. The van der Waals surface area contributed by atoms with Gasteiger partial charge in [0, 0.05) is 17.3 Å². The van der Waals surface area contributed by atoms with Gasteiger partial charge in [0.25, 0.3) is 0 Å². The number of hydrogen-bond acceptors (Lipinski definition) is 4. The molecule has 0 radical (unpaired) electrons. The Balaban J connectivity index is 2.35. The largest absolute Gasteiger partial charge is 0.495 e. The van der Waals surface area contributed by atoms with Gasteiger partial charge in [0.1, 0.15) is 17.6 Å². The summed E-state index contributed by atoms with van der Waals surface area (Å²) in [5.74, 6) is 1.30. The first kappa shape index (κ1) is 13.4. The second-order valence-corrected chi connectivity index (χ2v) is 4.03. The number of para-hydroxylation sites is 1. The Labute approximate surface area is 112 Å². The first-order chi connectivity index (χ1) is 9.26. The molecular formula is C15H17NO3. The highest BCUT2D eigenvalue weighted by Crippen LogP contribution is 2.30. The molecule has 2 rings (SSSR count). The fourth-order valence-electron chi connectivity index (χ4n) is 1.87. The van der Waals surface area contributed by atoms with E-state index in [9.17, 15) is 5.11 Å². The van der Waals surface area contributed by atoms with Crippen molar-refractivity contribution in [1.29, 1.82) is 0 Å². The molecule has 0 saturated heterocycles. The molecule has 0 spiro atoms. The summed E-state index contributed by atoms with van der Waals surface area (Å²) in [5.41, 5.74) is 1.39. The first-order valence-corrected chi connectivity index (χ1v) is 6.15. The predicted molar refractivity (Wildman–Crippen MR) is 72.5 cm³/mol. The first-order valence-electron chi connectivity index (χ1n) is 6.15. The highest BCUT2D eigenvalue weighted by molar-refractivity contribution is 5.40. The Morgan fingerprint density at radius 1 is 1.26 bits per heavy atom. The minimum absolute atomic E-state index is 0.556. The van der Waals surface area contributed by atoms with Crippen LogP contribution >= 0.6 is 0 Å². The van der Waals surface area contributed by atoms with Crippen LogP contribution in [0.15, 0.2) is 42.7 Å². The van der Waals surface area contributed by atoms with Crippen LogP contribution in [0.3, 0.4) is 0 Å². The van der Waals surface area contributed by atoms with Crippen molar-refractivity contribution in [3.63, 3.8) is 0 Å². The van der Waals surface area contributed by atoms with Crippen molar-refractivity contribution in [3.8, 4) is 11.5 Å². The molecule has 1 unspecified atom stereocenters. The molecule has 2 aromatic rings.